The number of piperidine rings is 1. The van der Waals surface area contributed by atoms with Gasteiger partial charge in [-0.25, -0.2) is 0 Å². The first-order valence-electron chi connectivity index (χ1n) is 15.4. The molecule has 1 spiro atoms. The molecular weight excluding hydrogens is 444 g/mol. The molecule has 8 atom stereocenters. The second-order valence-electron chi connectivity index (χ2n) is 13.8. The van der Waals surface area contributed by atoms with E-state index < -0.39 is 0 Å². The van der Waals surface area contributed by atoms with Crippen molar-refractivity contribution in [1.29, 1.82) is 0 Å². The van der Waals surface area contributed by atoms with E-state index in [4.69, 9.17) is 10.5 Å². The van der Waals surface area contributed by atoms with Gasteiger partial charge in [0.05, 0.1) is 11.7 Å². The Morgan fingerprint density at radius 1 is 1.19 bits per heavy atom. The number of ether oxygens (including phenoxy) is 1. The molecule has 4 heteroatoms. The lowest BCUT2D eigenvalue weighted by molar-refractivity contribution is -0.121. The zero-order valence-corrected chi connectivity index (χ0v) is 23.2. The minimum absolute atomic E-state index is 0.0176. The molecular formula is C32H50N2O2. The monoisotopic (exact) mass is 494 g/mol. The zero-order chi connectivity index (χ0) is 25.1. The van der Waals surface area contributed by atoms with Crippen molar-refractivity contribution >= 4 is 5.78 Å². The number of ketones is 1. The molecule has 4 aliphatic carbocycles. The van der Waals surface area contributed by atoms with Crippen molar-refractivity contribution < 1.29 is 9.53 Å². The standard InChI is InChI=1S/C32H50N2O2/c1-21-16-30-29(34(20-21)15-7-5-4-6-14-33)19-32(36-30)13-11-25-26-9-8-23-17-24(35)10-12-31(23,3)28(26)18-27(25)22(32)2/h8,21,25-26,28-30H,4-7,9-20,33H2,1-3H3. The molecule has 6 aliphatic rings. The summed E-state index contributed by atoms with van der Waals surface area (Å²) in [5.41, 5.74) is 10.8. The number of carbonyl (C=O) groups is 1. The normalized spacial score (nSPS) is 44.3. The first-order valence-corrected chi connectivity index (χ1v) is 15.4. The third kappa shape index (κ3) is 4.09. The summed E-state index contributed by atoms with van der Waals surface area (Å²) in [7, 11) is 0. The zero-order valence-electron chi connectivity index (χ0n) is 23.2. The molecule has 2 saturated carbocycles. The Morgan fingerprint density at radius 2 is 2.03 bits per heavy atom. The van der Waals surface area contributed by atoms with Gasteiger partial charge in [-0.1, -0.05) is 43.9 Å². The molecule has 2 aliphatic heterocycles. The van der Waals surface area contributed by atoms with E-state index in [-0.39, 0.29) is 11.0 Å². The lowest BCUT2D eigenvalue weighted by Crippen LogP contribution is -2.49. The number of hydrogen-bond acceptors (Lipinski definition) is 4. The van der Waals surface area contributed by atoms with Gasteiger partial charge in [0.25, 0.3) is 0 Å². The molecule has 0 amide bonds. The summed E-state index contributed by atoms with van der Waals surface area (Å²) in [5, 5.41) is 0. The van der Waals surface area contributed by atoms with Crippen LogP contribution >= 0.6 is 0 Å². The SMILES string of the molecule is CC1=C2CC3C(CC=C4CC(=O)CCC43C)C2CCC12CC1C(CC(C)CN1CCCCCCN)O2. The van der Waals surface area contributed by atoms with Crippen LogP contribution in [-0.2, 0) is 9.53 Å². The highest BCUT2D eigenvalue weighted by Crippen LogP contribution is 2.64. The summed E-state index contributed by atoms with van der Waals surface area (Å²) in [6.45, 7) is 10.7. The molecule has 4 fully saturated rings. The summed E-state index contributed by atoms with van der Waals surface area (Å²) in [4.78, 5) is 15.0. The number of allylic oxidation sites excluding steroid dienone is 3. The molecule has 0 aromatic rings. The number of carbonyl (C=O) groups excluding carboxylic acids is 1. The van der Waals surface area contributed by atoms with E-state index in [1.54, 1.807) is 11.1 Å². The Hall–Kier alpha value is -0.970. The smallest absolute Gasteiger partial charge is 0.136 e. The van der Waals surface area contributed by atoms with E-state index in [0.717, 1.165) is 55.9 Å². The minimum Gasteiger partial charge on any atom is -0.366 e. The third-order valence-corrected chi connectivity index (χ3v) is 11.8. The summed E-state index contributed by atoms with van der Waals surface area (Å²) >= 11 is 0. The molecule has 8 unspecified atom stereocenters. The molecule has 2 N–H and O–H groups in total. The first-order chi connectivity index (χ1) is 17.3. The van der Waals surface area contributed by atoms with Gasteiger partial charge in [0, 0.05) is 25.4 Å². The molecule has 36 heavy (non-hydrogen) atoms. The van der Waals surface area contributed by atoms with Gasteiger partial charge in [-0.3, -0.25) is 9.69 Å². The Kier molecular flexibility index (Phi) is 6.79. The van der Waals surface area contributed by atoms with Crippen LogP contribution in [0.1, 0.15) is 104 Å². The Labute approximate surface area is 219 Å². The highest BCUT2D eigenvalue weighted by Gasteiger charge is 2.58. The van der Waals surface area contributed by atoms with Crippen molar-refractivity contribution in [3.05, 3.63) is 22.8 Å². The fourth-order valence-electron chi connectivity index (χ4n) is 9.80. The summed E-state index contributed by atoms with van der Waals surface area (Å²) in [6.07, 6.45) is 17.9. The fraction of sp³-hybridized carbons (Fsp3) is 0.844. The van der Waals surface area contributed by atoms with Crippen molar-refractivity contribution in [1.82, 2.24) is 4.90 Å². The van der Waals surface area contributed by atoms with Crippen LogP contribution in [0.15, 0.2) is 22.8 Å². The number of nitrogens with zero attached hydrogens (tertiary/aromatic N) is 1. The van der Waals surface area contributed by atoms with Gasteiger partial charge in [0.2, 0.25) is 0 Å². The Morgan fingerprint density at radius 3 is 2.86 bits per heavy atom. The quantitative estimate of drug-likeness (QED) is 0.353. The molecule has 0 aromatic heterocycles. The average Bonchev–Trinajstić information content (AvgIpc) is 3.42. The number of Topliss-reactive ketones (excluding diaryl/α,β-unsaturated/α-hetero) is 1. The van der Waals surface area contributed by atoms with Crippen LogP contribution in [0, 0.1) is 29.1 Å². The molecule has 0 radical (unpaired) electrons. The van der Waals surface area contributed by atoms with E-state index in [0.29, 0.717) is 17.9 Å². The number of hydrogen-bond donors (Lipinski definition) is 1. The second-order valence-corrected chi connectivity index (χ2v) is 13.8. The lowest BCUT2D eigenvalue weighted by atomic mass is 9.57. The fourth-order valence-corrected chi connectivity index (χ4v) is 9.80. The molecule has 6 rings (SSSR count). The van der Waals surface area contributed by atoms with Crippen LogP contribution in [0.4, 0.5) is 0 Å². The summed E-state index contributed by atoms with van der Waals surface area (Å²) in [5.74, 6) is 3.44. The van der Waals surface area contributed by atoms with Crippen LogP contribution in [0.2, 0.25) is 0 Å². The van der Waals surface area contributed by atoms with Crippen molar-refractivity contribution in [2.24, 2.45) is 34.8 Å². The number of fused-ring (bicyclic) bond motifs is 6. The van der Waals surface area contributed by atoms with E-state index in [2.05, 4.69) is 31.7 Å². The highest BCUT2D eigenvalue weighted by atomic mass is 16.5. The van der Waals surface area contributed by atoms with Crippen LogP contribution in [0.25, 0.3) is 0 Å². The number of rotatable bonds is 6. The molecule has 2 heterocycles. The molecule has 200 valence electrons. The average molecular weight is 495 g/mol. The van der Waals surface area contributed by atoms with Gasteiger partial charge in [-0.2, -0.15) is 0 Å². The van der Waals surface area contributed by atoms with Crippen molar-refractivity contribution in [3.8, 4) is 0 Å². The van der Waals surface area contributed by atoms with Crippen molar-refractivity contribution in [2.75, 3.05) is 19.6 Å². The van der Waals surface area contributed by atoms with Crippen LogP contribution in [0.3, 0.4) is 0 Å². The summed E-state index contributed by atoms with van der Waals surface area (Å²) < 4.78 is 7.19. The van der Waals surface area contributed by atoms with Crippen LogP contribution in [0.5, 0.6) is 0 Å². The Balaban J connectivity index is 1.21. The Bertz CT molecular complexity index is 938. The molecule has 4 nitrogen and oxygen atoms in total. The second kappa shape index (κ2) is 9.65. The number of likely N-dealkylation sites (tertiary alicyclic amines) is 1. The molecule has 2 saturated heterocycles. The van der Waals surface area contributed by atoms with Gasteiger partial charge >= 0.3 is 0 Å². The topological polar surface area (TPSA) is 55.6 Å². The van der Waals surface area contributed by atoms with Gasteiger partial charge < -0.3 is 10.5 Å². The van der Waals surface area contributed by atoms with Crippen LogP contribution in [-0.4, -0.2) is 48.1 Å². The van der Waals surface area contributed by atoms with Crippen molar-refractivity contribution in [2.45, 2.75) is 122 Å². The lowest BCUT2D eigenvalue weighted by Gasteiger charge is -2.47. The van der Waals surface area contributed by atoms with E-state index in [9.17, 15) is 4.79 Å². The first kappa shape index (κ1) is 25.3. The largest absolute Gasteiger partial charge is 0.366 e. The van der Waals surface area contributed by atoms with Gasteiger partial charge in [-0.05, 0) is 112 Å². The van der Waals surface area contributed by atoms with E-state index in [1.807, 2.05) is 0 Å². The predicted molar refractivity (Wildman–Crippen MR) is 146 cm³/mol. The maximum atomic E-state index is 12.2. The number of unbranched alkanes of at least 4 members (excludes halogenated alkanes) is 3. The predicted octanol–water partition coefficient (Wildman–Crippen LogP) is 6.20. The highest BCUT2D eigenvalue weighted by molar-refractivity contribution is 5.82. The molecule has 0 bridgehead atoms. The maximum absolute atomic E-state index is 12.2. The van der Waals surface area contributed by atoms with Gasteiger partial charge in [0.1, 0.15) is 5.78 Å². The van der Waals surface area contributed by atoms with Crippen molar-refractivity contribution in [3.63, 3.8) is 0 Å². The molecule has 0 aromatic carbocycles. The summed E-state index contributed by atoms with van der Waals surface area (Å²) in [6, 6.07) is 0.599. The van der Waals surface area contributed by atoms with E-state index in [1.165, 1.54) is 76.5 Å². The maximum Gasteiger partial charge on any atom is 0.136 e. The van der Waals surface area contributed by atoms with Gasteiger partial charge in [0.15, 0.2) is 0 Å². The van der Waals surface area contributed by atoms with E-state index >= 15 is 0 Å². The minimum atomic E-state index is -0.0176. The third-order valence-electron chi connectivity index (χ3n) is 11.8. The van der Waals surface area contributed by atoms with Crippen LogP contribution < -0.4 is 5.73 Å². The number of nitrogens with two attached hydrogens (primary N) is 1. The van der Waals surface area contributed by atoms with Gasteiger partial charge in [-0.15, -0.1) is 0 Å².